The summed E-state index contributed by atoms with van der Waals surface area (Å²) in [4.78, 5) is 23.8. The molecular weight excluding hydrogens is 236 g/mol. The molecule has 0 aliphatic carbocycles. The number of carbonyl (C=O) groups excluding carboxylic acids is 1. The van der Waals surface area contributed by atoms with Gasteiger partial charge in [0.15, 0.2) is 0 Å². The molecule has 1 heterocycles. The quantitative estimate of drug-likeness (QED) is 0.629. The number of nitrogens with zero attached hydrogens (tertiary/aromatic N) is 2. The largest absolute Gasteiger partial charge is 0.391 e. The fourth-order valence-corrected chi connectivity index (χ4v) is 2.10. The zero-order valence-electron chi connectivity index (χ0n) is 10.00. The molecule has 1 aliphatic rings. The molecule has 1 N–H and O–H groups in total. The number of nitro groups is 1. The van der Waals surface area contributed by atoms with Crippen molar-refractivity contribution in [1.29, 1.82) is 0 Å². The average Bonchev–Trinajstić information content (AvgIpc) is 2.74. The maximum atomic E-state index is 12.1. The van der Waals surface area contributed by atoms with Crippen LogP contribution < -0.4 is 0 Å². The van der Waals surface area contributed by atoms with E-state index in [1.165, 1.54) is 18.2 Å². The lowest BCUT2D eigenvalue weighted by atomic mass is 10.1. The second kappa shape index (κ2) is 4.73. The van der Waals surface area contributed by atoms with Gasteiger partial charge in [-0.25, -0.2) is 0 Å². The van der Waals surface area contributed by atoms with Crippen LogP contribution >= 0.6 is 0 Å². The zero-order chi connectivity index (χ0) is 13.3. The summed E-state index contributed by atoms with van der Waals surface area (Å²) in [6.45, 7) is 2.53. The molecule has 0 unspecified atom stereocenters. The molecule has 1 fully saturated rings. The normalized spacial score (nSPS) is 19.0. The van der Waals surface area contributed by atoms with Crippen LogP contribution in [0.4, 0.5) is 5.69 Å². The predicted octanol–water partition coefficient (Wildman–Crippen LogP) is 1.11. The van der Waals surface area contributed by atoms with Crippen molar-refractivity contribution in [3.63, 3.8) is 0 Å². The van der Waals surface area contributed by atoms with E-state index in [-0.39, 0.29) is 11.6 Å². The summed E-state index contributed by atoms with van der Waals surface area (Å²) in [6, 6.07) is 4.19. The number of aryl methyl sites for hydroxylation is 1. The first kappa shape index (κ1) is 12.5. The van der Waals surface area contributed by atoms with Crippen molar-refractivity contribution in [2.75, 3.05) is 13.1 Å². The minimum Gasteiger partial charge on any atom is -0.391 e. The van der Waals surface area contributed by atoms with Gasteiger partial charge >= 0.3 is 0 Å². The highest BCUT2D eigenvalue weighted by molar-refractivity contribution is 5.96. The number of aliphatic hydroxyl groups excluding tert-OH is 1. The second-order valence-electron chi connectivity index (χ2n) is 4.45. The molecule has 18 heavy (non-hydrogen) atoms. The van der Waals surface area contributed by atoms with E-state index in [1.54, 1.807) is 11.8 Å². The fraction of sp³-hybridized carbons (Fsp3) is 0.417. The van der Waals surface area contributed by atoms with Gasteiger partial charge in [-0.2, -0.15) is 0 Å². The minimum absolute atomic E-state index is 0.0227. The summed E-state index contributed by atoms with van der Waals surface area (Å²) < 4.78 is 0. The summed E-state index contributed by atoms with van der Waals surface area (Å²) in [5.41, 5.74) is 1.01. The number of hydrogen-bond acceptors (Lipinski definition) is 4. The molecule has 1 atom stereocenters. The molecule has 2 rings (SSSR count). The van der Waals surface area contributed by atoms with Gasteiger partial charge in [0.1, 0.15) is 0 Å². The first-order valence-corrected chi connectivity index (χ1v) is 5.71. The molecule has 1 aromatic carbocycles. The molecule has 1 amide bonds. The monoisotopic (exact) mass is 250 g/mol. The number of likely N-dealkylation sites (tertiary alicyclic amines) is 1. The first-order chi connectivity index (χ1) is 8.49. The Morgan fingerprint density at radius 2 is 2.28 bits per heavy atom. The van der Waals surface area contributed by atoms with Crippen molar-refractivity contribution < 1.29 is 14.8 Å². The lowest BCUT2D eigenvalue weighted by Crippen LogP contribution is -2.30. The number of carbonyl (C=O) groups is 1. The van der Waals surface area contributed by atoms with Gasteiger partial charge in [-0.05, 0) is 25.0 Å². The number of hydrogen-bond donors (Lipinski definition) is 1. The molecule has 0 spiro atoms. The lowest BCUT2D eigenvalue weighted by molar-refractivity contribution is -0.384. The van der Waals surface area contributed by atoms with E-state index < -0.39 is 11.0 Å². The number of non-ortho nitro benzene ring substituents is 1. The first-order valence-electron chi connectivity index (χ1n) is 5.71. The number of nitro benzene ring substituents is 1. The highest BCUT2D eigenvalue weighted by atomic mass is 16.6. The molecule has 0 bridgehead atoms. The smallest absolute Gasteiger partial charge is 0.269 e. The van der Waals surface area contributed by atoms with Crippen LogP contribution in [0, 0.1) is 17.0 Å². The van der Waals surface area contributed by atoms with E-state index in [9.17, 15) is 20.0 Å². The molecule has 0 aromatic heterocycles. The van der Waals surface area contributed by atoms with Crippen molar-refractivity contribution >= 4 is 11.6 Å². The molecule has 96 valence electrons. The lowest BCUT2D eigenvalue weighted by Gasteiger charge is -2.16. The van der Waals surface area contributed by atoms with Crippen LogP contribution in [0.5, 0.6) is 0 Å². The van der Waals surface area contributed by atoms with E-state index in [0.717, 1.165) is 0 Å². The van der Waals surface area contributed by atoms with Crippen molar-refractivity contribution in [2.45, 2.75) is 19.4 Å². The summed E-state index contributed by atoms with van der Waals surface area (Å²) in [5.74, 6) is -0.182. The summed E-state index contributed by atoms with van der Waals surface area (Å²) in [7, 11) is 0. The number of rotatable bonds is 2. The third kappa shape index (κ3) is 2.33. The second-order valence-corrected chi connectivity index (χ2v) is 4.45. The Bertz CT molecular complexity index is 501. The van der Waals surface area contributed by atoms with Gasteiger partial charge in [-0.15, -0.1) is 0 Å². The number of benzene rings is 1. The maximum absolute atomic E-state index is 12.1. The predicted molar refractivity (Wildman–Crippen MR) is 64.4 cm³/mol. The Morgan fingerprint density at radius 1 is 1.56 bits per heavy atom. The average molecular weight is 250 g/mol. The number of β-amino-alcohol motifs (C(OH)–C–C–N with tert-alkyl or cyclic N) is 1. The van der Waals surface area contributed by atoms with Gasteiger partial charge in [0.05, 0.1) is 11.0 Å². The topological polar surface area (TPSA) is 83.7 Å². The Hall–Kier alpha value is -1.95. The van der Waals surface area contributed by atoms with E-state index in [2.05, 4.69) is 0 Å². The van der Waals surface area contributed by atoms with E-state index in [0.29, 0.717) is 30.6 Å². The van der Waals surface area contributed by atoms with Gasteiger partial charge in [-0.1, -0.05) is 0 Å². The van der Waals surface area contributed by atoms with Crippen molar-refractivity contribution in [3.8, 4) is 0 Å². The highest BCUT2D eigenvalue weighted by Gasteiger charge is 2.26. The Balaban J connectivity index is 2.23. The van der Waals surface area contributed by atoms with Crippen molar-refractivity contribution in [3.05, 3.63) is 39.4 Å². The summed E-state index contributed by atoms with van der Waals surface area (Å²) >= 11 is 0. The zero-order valence-corrected chi connectivity index (χ0v) is 10.00. The van der Waals surface area contributed by atoms with Gasteiger partial charge in [0.2, 0.25) is 0 Å². The molecule has 1 aromatic rings. The SMILES string of the molecule is Cc1cc([N+](=O)[O-])ccc1C(=O)N1CC[C@H](O)C1. The van der Waals surface area contributed by atoms with Crippen LogP contribution in [0.2, 0.25) is 0 Å². The Kier molecular flexibility index (Phi) is 3.29. The maximum Gasteiger partial charge on any atom is 0.269 e. The summed E-state index contributed by atoms with van der Waals surface area (Å²) in [5, 5.41) is 20.0. The molecular formula is C12H14N2O4. The third-order valence-electron chi connectivity index (χ3n) is 3.10. The third-order valence-corrected chi connectivity index (χ3v) is 3.10. The van der Waals surface area contributed by atoms with Crippen LogP contribution in [-0.2, 0) is 0 Å². The number of amides is 1. The molecule has 6 nitrogen and oxygen atoms in total. The van der Waals surface area contributed by atoms with Gasteiger partial charge in [0, 0.05) is 30.8 Å². The minimum atomic E-state index is -0.485. The van der Waals surface area contributed by atoms with Crippen LogP contribution in [-0.4, -0.2) is 40.0 Å². The van der Waals surface area contributed by atoms with Crippen LogP contribution in [0.25, 0.3) is 0 Å². The Labute approximate surface area is 104 Å². The van der Waals surface area contributed by atoms with E-state index >= 15 is 0 Å². The van der Waals surface area contributed by atoms with Gasteiger partial charge < -0.3 is 10.0 Å². The molecule has 0 radical (unpaired) electrons. The fourth-order valence-electron chi connectivity index (χ4n) is 2.10. The van der Waals surface area contributed by atoms with Crippen LogP contribution in [0.15, 0.2) is 18.2 Å². The summed E-state index contributed by atoms with van der Waals surface area (Å²) in [6.07, 6.45) is 0.116. The van der Waals surface area contributed by atoms with Gasteiger partial charge in [0.25, 0.3) is 11.6 Å². The highest BCUT2D eigenvalue weighted by Crippen LogP contribution is 2.20. The van der Waals surface area contributed by atoms with Crippen LogP contribution in [0.1, 0.15) is 22.3 Å². The van der Waals surface area contributed by atoms with Crippen molar-refractivity contribution in [1.82, 2.24) is 4.90 Å². The van der Waals surface area contributed by atoms with E-state index in [4.69, 9.17) is 0 Å². The van der Waals surface area contributed by atoms with Gasteiger partial charge in [-0.3, -0.25) is 14.9 Å². The molecule has 6 heteroatoms. The van der Waals surface area contributed by atoms with E-state index in [1.807, 2.05) is 0 Å². The number of aliphatic hydroxyl groups is 1. The standard InChI is InChI=1S/C12H14N2O4/c1-8-6-9(14(17)18)2-3-11(8)12(16)13-5-4-10(15)7-13/h2-3,6,10,15H,4-5,7H2,1H3/t10-/m0/s1. The molecule has 1 saturated heterocycles. The molecule has 0 saturated carbocycles. The van der Waals surface area contributed by atoms with Crippen LogP contribution in [0.3, 0.4) is 0 Å². The molecule has 1 aliphatic heterocycles. The van der Waals surface area contributed by atoms with Crippen molar-refractivity contribution in [2.24, 2.45) is 0 Å². The Morgan fingerprint density at radius 3 is 2.78 bits per heavy atom.